The SMILES string of the molecule is COc1ccc(C(Cl)C2CCCC2)cc1. The van der Waals surface area contributed by atoms with Crippen LogP contribution in [0.25, 0.3) is 0 Å². The second-order valence-corrected chi connectivity index (χ2v) is 4.69. The van der Waals surface area contributed by atoms with Gasteiger partial charge in [0.1, 0.15) is 5.75 Å². The molecule has 0 spiro atoms. The van der Waals surface area contributed by atoms with Gasteiger partial charge in [-0.1, -0.05) is 25.0 Å². The highest BCUT2D eigenvalue weighted by atomic mass is 35.5. The fourth-order valence-electron chi connectivity index (χ4n) is 2.31. The maximum absolute atomic E-state index is 6.47. The first-order valence-corrected chi connectivity index (χ1v) is 6.03. The van der Waals surface area contributed by atoms with E-state index < -0.39 is 0 Å². The van der Waals surface area contributed by atoms with Crippen LogP contribution in [0, 0.1) is 5.92 Å². The summed E-state index contributed by atoms with van der Waals surface area (Å²) in [6, 6.07) is 8.13. The molecule has 1 saturated carbocycles. The van der Waals surface area contributed by atoms with Crippen molar-refractivity contribution in [3.63, 3.8) is 0 Å². The van der Waals surface area contributed by atoms with E-state index in [1.165, 1.54) is 31.2 Å². The molecule has 1 aliphatic rings. The normalized spacial score (nSPS) is 19.1. The Hall–Kier alpha value is -0.690. The molecule has 0 amide bonds. The third kappa shape index (κ3) is 2.46. The van der Waals surface area contributed by atoms with Crippen molar-refractivity contribution in [2.45, 2.75) is 31.1 Å². The molecule has 1 aromatic carbocycles. The zero-order valence-electron chi connectivity index (χ0n) is 9.08. The minimum Gasteiger partial charge on any atom is -0.497 e. The second kappa shape index (κ2) is 4.89. The van der Waals surface area contributed by atoms with Crippen LogP contribution in [0.3, 0.4) is 0 Å². The van der Waals surface area contributed by atoms with Crippen molar-refractivity contribution in [3.8, 4) is 5.75 Å². The van der Waals surface area contributed by atoms with E-state index in [9.17, 15) is 0 Å². The zero-order valence-corrected chi connectivity index (χ0v) is 9.83. The summed E-state index contributed by atoms with van der Waals surface area (Å²) in [5, 5.41) is 0.179. The van der Waals surface area contributed by atoms with Crippen LogP contribution in [-0.4, -0.2) is 7.11 Å². The molecule has 15 heavy (non-hydrogen) atoms. The van der Waals surface area contributed by atoms with Crippen molar-refractivity contribution >= 4 is 11.6 Å². The van der Waals surface area contributed by atoms with Crippen molar-refractivity contribution in [2.24, 2.45) is 5.92 Å². The van der Waals surface area contributed by atoms with Crippen LogP contribution in [-0.2, 0) is 0 Å². The zero-order chi connectivity index (χ0) is 10.7. The monoisotopic (exact) mass is 224 g/mol. The Bertz CT molecular complexity index is 301. The van der Waals surface area contributed by atoms with Gasteiger partial charge < -0.3 is 4.74 Å². The molecule has 0 saturated heterocycles. The van der Waals surface area contributed by atoms with Crippen molar-refractivity contribution in [1.82, 2.24) is 0 Å². The van der Waals surface area contributed by atoms with E-state index >= 15 is 0 Å². The third-order valence-corrected chi connectivity index (χ3v) is 3.86. The number of halogens is 1. The van der Waals surface area contributed by atoms with Crippen LogP contribution in [0.15, 0.2) is 24.3 Å². The minimum atomic E-state index is 0.179. The highest BCUT2D eigenvalue weighted by Crippen LogP contribution is 2.40. The van der Waals surface area contributed by atoms with Crippen LogP contribution in [0.4, 0.5) is 0 Å². The molecule has 1 atom stereocenters. The van der Waals surface area contributed by atoms with Gasteiger partial charge in [0.05, 0.1) is 12.5 Å². The Morgan fingerprint density at radius 1 is 1.20 bits per heavy atom. The number of alkyl halides is 1. The summed E-state index contributed by atoms with van der Waals surface area (Å²) in [7, 11) is 1.68. The van der Waals surface area contributed by atoms with E-state index in [-0.39, 0.29) is 5.38 Å². The number of hydrogen-bond donors (Lipinski definition) is 0. The van der Waals surface area contributed by atoms with Crippen molar-refractivity contribution < 1.29 is 4.74 Å². The average molecular weight is 225 g/mol. The lowest BCUT2D eigenvalue weighted by Gasteiger charge is -2.17. The van der Waals surface area contributed by atoms with Crippen LogP contribution < -0.4 is 4.74 Å². The van der Waals surface area contributed by atoms with Crippen molar-refractivity contribution in [3.05, 3.63) is 29.8 Å². The summed E-state index contributed by atoms with van der Waals surface area (Å²) in [5.41, 5.74) is 1.23. The second-order valence-electron chi connectivity index (χ2n) is 4.22. The third-order valence-electron chi connectivity index (χ3n) is 3.25. The van der Waals surface area contributed by atoms with Gasteiger partial charge in [-0.2, -0.15) is 0 Å². The molecule has 0 aromatic heterocycles. The lowest BCUT2D eigenvalue weighted by atomic mass is 9.97. The average Bonchev–Trinajstić information content (AvgIpc) is 2.82. The van der Waals surface area contributed by atoms with E-state index in [1.54, 1.807) is 7.11 Å². The molecule has 1 nitrogen and oxygen atoms in total. The molecule has 0 bridgehead atoms. The summed E-state index contributed by atoms with van der Waals surface area (Å²) in [4.78, 5) is 0. The number of methoxy groups -OCH3 is 1. The lowest BCUT2D eigenvalue weighted by Crippen LogP contribution is -2.03. The smallest absolute Gasteiger partial charge is 0.118 e. The maximum Gasteiger partial charge on any atom is 0.118 e. The van der Waals surface area contributed by atoms with Crippen LogP contribution in [0.2, 0.25) is 0 Å². The van der Waals surface area contributed by atoms with Gasteiger partial charge in [-0.25, -0.2) is 0 Å². The van der Waals surface area contributed by atoms with Crippen molar-refractivity contribution in [2.75, 3.05) is 7.11 Å². The van der Waals surface area contributed by atoms with E-state index in [0.29, 0.717) is 5.92 Å². The first kappa shape index (κ1) is 10.8. The first-order valence-electron chi connectivity index (χ1n) is 5.59. The molecule has 0 N–H and O–H groups in total. The summed E-state index contributed by atoms with van der Waals surface area (Å²) in [6.45, 7) is 0. The quantitative estimate of drug-likeness (QED) is 0.701. The van der Waals surface area contributed by atoms with E-state index in [0.717, 1.165) is 5.75 Å². The minimum absolute atomic E-state index is 0.179. The highest BCUT2D eigenvalue weighted by Gasteiger charge is 2.24. The van der Waals surface area contributed by atoms with Crippen molar-refractivity contribution in [1.29, 1.82) is 0 Å². The van der Waals surface area contributed by atoms with E-state index in [1.807, 2.05) is 12.1 Å². The Morgan fingerprint density at radius 3 is 2.33 bits per heavy atom. The lowest BCUT2D eigenvalue weighted by molar-refractivity contribution is 0.414. The standard InChI is InChI=1S/C13H17ClO/c1-15-12-8-6-11(7-9-12)13(14)10-4-2-3-5-10/h6-10,13H,2-5H2,1H3. The molecule has 1 fully saturated rings. The number of rotatable bonds is 3. The highest BCUT2D eigenvalue weighted by molar-refractivity contribution is 6.21. The largest absolute Gasteiger partial charge is 0.497 e. The van der Waals surface area contributed by atoms with Gasteiger partial charge in [0.25, 0.3) is 0 Å². The predicted molar refractivity (Wildman–Crippen MR) is 63.5 cm³/mol. The van der Waals surface area contributed by atoms with Gasteiger partial charge >= 0.3 is 0 Å². The molecular weight excluding hydrogens is 208 g/mol. The molecule has 1 aliphatic carbocycles. The summed E-state index contributed by atoms with van der Waals surface area (Å²) >= 11 is 6.47. The van der Waals surface area contributed by atoms with Gasteiger partial charge in [-0.3, -0.25) is 0 Å². The maximum atomic E-state index is 6.47. The fraction of sp³-hybridized carbons (Fsp3) is 0.538. The summed E-state index contributed by atoms with van der Waals surface area (Å²) in [5.74, 6) is 1.56. The molecule has 0 heterocycles. The first-order chi connectivity index (χ1) is 7.31. The number of ether oxygens (including phenoxy) is 1. The Morgan fingerprint density at radius 2 is 1.80 bits per heavy atom. The van der Waals surface area contributed by atoms with Gasteiger partial charge in [0.15, 0.2) is 0 Å². The van der Waals surface area contributed by atoms with Gasteiger partial charge in [-0.05, 0) is 36.5 Å². The topological polar surface area (TPSA) is 9.23 Å². The summed E-state index contributed by atoms with van der Waals surface area (Å²) < 4.78 is 5.13. The Labute approximate surface area is 96.4 Å². The Balaban J connectivity index is 2.07. The summed E-state index contributed by atoms with van der Waals surface area (Å²) in [6.07, 6.45) is 5.23. The molecule has 2 heteroatoms. The molecule has 1 aromatic rings. The number of benzene rings is 1. The molecule has 0 aliphatic heterocycles. The van der Waals surface area contributed by atoms with Crippen LogP contribution in [0.1, 0.15) is 36.6 Å². The van der Waals surface area contributed by atoms with E-state index in [4.69, 9.17) is 16.3 Å². The fourth-order valence-corrected chi connectivity index (χ4v) is 2.71. The van der Waals surface area contributed by atoms with Gasteiger partial charge in [-0.15, -0.1) is 11.6 Å². The molecule has 2 rings (SSSR count). The molecule has 1 unspecified atom stereocenters. The van der Waals surface area contributed by atoms with Gasteiger partial charge in [0, 0.05) is 0 Å². The molecule has 82 valence electrons. The molecular formula is C13H17ClO. The van der Waals surface area contributed by atoms with Crippen LogP contribution >= 0.6 is 11.6 Å². The Kier molecular flexibility index (Phi) is 3.53. The van der Waals surface area contributed by atoms with E-state index in [2.05, 4.69) is 12.1 Å². The molecule has 0 radical (unpaired) electrons. The van der Waals surface area contributed by atoms with Crippen LogP contribution in [0.5, 0.6) is 5.75 Å². The van der Waals surface area contributed by atoms with Gasteiger partial charge in [0.2, 0.25) is 0 Å². The number of hydrogen-bond acceptors (Lipinski definition) is 1. The predicted octanol–water partition coefficient (Wildman–Crippen LogP) is 4.17.